The lowest BCUT2D eigenvalue weighted by atomic mass is 9.85. The van der Waals surface area contributed by atoms with E-state index in [1.54, 1.807) is 7.05 Å². The third-order valence-corrected chi connectivity index (χ3v) is 4.01. The van der Waals surface area contributed by atoms with Crippen molar-refractivity contribution >= 4 is 5.91 Å². The van der Waals surface area contributed by atoms with E-state index in [1.807, 2.05) is 24.3 Å². The van der Waals surface area contributed by atoms with Crippen molar-refractivity contribution in [3.63, 3.8) is 0 Å². The number of carbonyl (C=O) groups is 1. The van der Waals surface area contributed by atoms with Gasteiger partial charge in [-0.25, -0.2) is 0 Å². The normalized spacial score (nSPS) is 17.7. The van der Waals surface area contributed by atoms with Gasteiger partial charge in [-0.05, 0) is 30.5 Å². The Labute approximate surface area is 120 Å². The molecule has 0 aliphatic heterocycles. The van der Waals surface area contributed by atoms with Crippen LogP contribution in [0.15, 0.2) is 24.3 Å². The Kier molecular flexibility index (Phi) is 5.15. The lowest BCUT2D eigenvalue weighted by Gasteiger charge is -2.32. The SMILES string of the molecule is CNC(=O)c1ccc(CNCC2(O)CCCCC2)cc1. The monoisotopic (exact) mass is 276 g/mol. The molecular weight excluding hydrogens is 252 g/mol. The Morgan fingerprint density at radius 3 is 2.45 bits per heavy atom. The highest BCUT2D eigenvalue weighted by Crippen LogP contribution is 2.27. The van der Waals surface area contributed by atoms with Gasteiger partial charge in [0.25, 0.3) is 5.91 Å². The molecule has 0 atom stereocenters. The van der Waals surface area contributed by atoms with Crippen LogP contribution in [-0.4, -0.2) is 30.2 Å². The summed E-state index contributed by atoms with van der Waals surface area (Å²) in [6.45, 7) is 1.36. The van der Waals surface area contributed by atoms with E-state index in [9.17, 15) is 9.90 Å². The third-order valence-electron chi connectivity index (χ3n) is 4.01. The molecule has 0 radical (unpaired) electrons. The van der Waals surface area contributed by atoms with Crippen molar-refractivity contribution in [3.05, 3.63) is 35.4 Å². The predicted octanol–water partition coefficient (Wildman–Crippen LogP) is 1.83. The van der Waals surface area contributed by atoms with Crippen LogP contribution in [0.1, 0.15) is 48.0 Å². The highest BCUT2D eigenvalue weighted by atomic mass is 16.3. The van der Waals surface area contributed by atoms with E-state index in [1.165, 1.54) is 6.42 Å². The van der Waals surface area contributed by atoms with E-state index in [0.717, 1.165) is 37.8 Å². The Morgan fingerprint density at radius 2 is 1.85 bits per heavy atom. The molecule has 4 nitrogen and oxygen atoms in total. The molecule has 0 aromatic heterocycles. The van der Waals surface area contributed by atoms with Crippen LogP contribution in [0.4, 0.5) is 0 Å². The highest BCUT2D eigenvalue weighted by molar-refractivity contribution is 5.93. The van der Waals surface area contributed by atoms with Crippen LogP contribution >= 0.6 is 0 Å². The van der Waals surface area contributed by atoms with E-state index in [2.05, 4.69) is 10.6 Å². The van der Waals surface area contributed by atoms with E-state index in [0.29, 0.717) is 12.1 Å². The highest BCUT2D eigenvalue weighted by Gasteiger charge is 2.28. The van der Waals surface area contributed by atoms with Crippen molar-refractivity contribution in [2.75, 3.05) is 13.6 Å². The van der Waals surface area contributed by atoms with E-state index in [4.69, 9.17) is 0 Å². The minimum Gasteiger partial charge on any atom is -0.389 e. The molecule has 0 unspecified atom stereocenters. The second-order valence-corrected chi connectivity index (χ2v) is 5.66. The van der Waals surface area contributed by atoms with Gasteiger partial charge in [-0.3, -0.25) is 4.79 Å². The fourth-order valence-corrected chi connectivity index (χ4v) is 2.74. The zero-order chi connectivity index (χ0) is 14.4. The first-order valence-corrected chi connectivity index (χ1v) is 7.37. The van der Waals surface area contributed by atoms with Gasteiger partial charge in [0.2, 0.25) is 0 Å². The van der Waals surface area contributed by atoms with Gasteiger partial charge in [-0.2, -0.15) is 0 Å². The summed E-state index contributed by atoms with van der Waals surface area (Å²) in [5.41, 5.74) is 1.26. The Balaban J connectivity index is 1.80. The fourth-order valence-electron chi connectivity index (χ4n) is 2.74. The molecule has 110 valence electrons. The van der Waals surface area contributed by atoms with Gasteiger partial charge in [0, 0.05) is 25.7 Å². The van der Waals surface area contributed by atoms with Gasteiger partial charge in [-0.1, -0.05) is 31.4 Å². The summed E-state index contributed by atoms with van der Waals surface area (Å²) in [7, 11) is 1.63. The first kappa shape index (κ1) is 15.0. The zero-order valence-corrected chi connectivity index (χ0v) is 12.1. The summed E-state index contributed by atoms with van der Waals surface area (Å²) in [5, 5.41) is 16.3. The van der Waals surface area contributed by atoms with Crippen LogP contribution < -0.4 is 10.6 Å². The molecule has 1 aromatic rings. The number of benzene rings is 1. The smallest absolute Gasteiger partial charge is 0.251 e. The zero-order valence-electron chi connectivity index (χ0n) is 12.1. The number of amides is 1. The Bertz CT molecular complexity index is 436. The van der Waals surface area contributed by atoms with Crippen molar-refractivity contribution < 1.29 is 9.90 Å². The van der Waals surface area contributed by atoms with Crippen LogP contribution in [-0.2, 0) is 6.54 Å². The number of aliphatic hydroxyl groups is 1. The van der Waals surface area contributed by atoms with Crippen molar-refractivity contribution in [2.45, 2.75) is 44.2 Å². The molecule has 3 N–H and O–H groups in total. The molecule has 20 heavy (non-hydrogen) atoms. The summed E-state index contributed by atoms with van der Waals surface area (Å²) in [6.07, 6.45) is 5.28. The minimum absolute atomic E-state index is 0.0685. The standard InChI is InChI=1S/C16H24N2O2/c1-17-15(19)14-7-5-13(6-8-14)11-18-12-16(20)9-3-2-4-10-16/h5-8,18,20H,2-4,9-12H2,1H3,(H,17,19). The number of rotatable bonds is 5. The molecule has 1 amide bonds. The summed E-state index contributed by atoms with van der Waals surface area (Å²) in [4.78, 5) is 11.4. The molecule has 1 fully saturated rings. The number of hydrogen-bond donors (Lipinski definition) is 3. The summed E-state index contributed by atoms with van der Waals surface area (Å²) >= 11 is 0. The molecular formula is C16H24N2O2. The molecule has 0 heterocycles. The lowest BCUT2D eigenvalue weighted by Crippen LogP contribution is -2.41. The third kappa shape index (κ3) is 4.05. The first-order chi connectivity index (χ1) is 9.63. The second-order valence-electron chi connectivity index (χ2n) is 5.66. The average Bonchev–Trinajstić information content (AvgIpc) is 2.48. The van der Waals surface area contributed by atoms with Crippen LogP contribution in [0.5, 0.6) is 0 Å². The van der Waals surface area contributed by atoms with Crippen LogP contribution in [0, 0.1) is 0 Å². The van der Waals surface area contributed by atoms with Crippen LogP contribution in [0.3, 0.4) is 0 Å². The van der Waals surface area contributed by atoms with Crippen LogP contribution in [0.25, 0.3) is 0 Å². The lowest BCUT2D eigenvalue weighted by molar-refractivity contribution is 0.00467. The first-order valence-electron chi connectivity index (χ1n) is 7.37. The van der Waals surface area contributed by atoms with E-state index < -0.39 is 5.60 Å². The van der Waals surface area contributed by atoms with Crippen LogP contribution in [0.2, 0.25) is 0 Å². The van der Waals surface area contributed by atoms with Gasteiger partial charge < -0.3 is 15.7 Å². The minimum atomic E-state index is -0.527. The average molecular weight is 276 g/mol. The maximum Gasteiger partial charge on any atom is 0.251 e. The Hall–Kier alpha value is -1.39. The largest absolute Gasteiger partial charge is 0.389 e. The van der Waals surface area contributed by atoms with Gasteiger partial charge in [0.05, 0.1) is 5.60 Å². The maximum atomic E-state index is 11.4. The van der Waals surface area contributed by atoms with Crippen molar-refractivity contribution in [1.29, 1.82) is 0 Å². The van der Waals surface area contributed by atoms with Gasteiger partial charge in [-0.15, -0.1) is 0 Å². The fraction of sp³-hybridized carbons (Fsp3) is 0.562. The predicted molar refractivity (Wildman–Crippen MR) is 79.6 cm³/mol. The van der Waals surface area contributed by atoms with Gasteiger partial charge in [0.15, 0.2) is 0 Å². The van der Waals surface area contributed by atoms with E-state index in [-0.39, 0.29) is 5.91 Å². The molecule has 0 spiro atoms. The van der Waals surface area contributed by atoms with Crippen molar-refractivity contribution in [1.82, 2.24) is 10.6 Å². The molecule has 2 rings (SSSR count). The van der Waals surface area contributed by atoms with E-state index >= 15 is 0 Å². The molecule has 4 heteroatoms. The van der Waals surface area contributed by atoms with Crippen molar-refractivity contribution in [3.8, 4) is 0 Å². The summed E-state index contributed by atoms with van der Waals surface area (Å²) < 4.78 is 0. The number of carbonyl (C=O) groups excluding carboxylic acids is 1. The maximum absolute atomic E-state index is 11.4. The summed E-state index contributed by atoms with van der Waals surface area (Å²) in [5.74, 6) is -0.0685. The molecule has 1 aliphatic carbocycles. The molecule has 1 aromatic carbocycles. The summed E-state index contributed by atoms with van der Waals surface area (Å²) in [6, 6.07) is 7.54. The number of nitrogens with one attached hydrogen (secondary N) is 2. The second kappa shape index (κ2) is 6.86. The molecule has 0 saturated heterocycles. The van der Waals surface area contributed by atoms with Gasteiger partial charge in [0.1, 0.15) is 0 Å². The van der Waals surface area contributed by atoms with Crippen molar-refractivity contribution in [2.24, 2.45) is 0 Å². The molecule has 1 aliphatic rings. The topological polar surface area (TPSA) is 61.4 Å². The Morgan fingerprint density at radius 1 is 1.20 bits per heavy atom. The molecule has 0 bridgehead atoms. The van der Waals surface area contributed by atoms with Gasteiger partial charge >= 0.3 is 0 Å². The quantitative estimate of drug-likeness (QED) is 0.769. The number of hydrogen-bond acceptors (Lipinski definition) is 3. The molecule has 1 saturated carbocycles.